The van der Waals surface area contributed by atoms with Crippen LogP contribution in [0.5, 0.6) is 0 Å². The van der Waals surface area contributed by atoms with Crippen molar-refractivity contribution in [1.29, 1.82) is 0 Å². The highest BCUT2D eigenvalue weighted by Gasteiger charge is 2.11. The van der Waals surface area contributed by atoms with Gasteiger partial charge in [0.2, 0.25) is 0 Å². The van der Waals surface area contributed by atoms with Crippen molar-refractivity contribution in [3.63, 3.8) is 0 Å². The molecule has 4 heteroatoms. The molecule has 0 amide bonds. The number of aromatic nitrogens is 3. The lowest BCUT2D eigenvalue weighted by atomic mass is 10.1. The molecule has 4 nitrogen and oxygen atoms in total. The molecule has 2 N–H and O–H groups in total. The largest absolute Gasteiger partial charge is 0.380 e. The summed E-state index contributed by atoms with van der Waals surface area (Å²) in [7, 11) is 0. The van der Waals surface area contributed by atoms with Gasteiger partial charge in [0.15, 0.2) is 5.82 Å². The van der Waals surface area contributed by atoms with Gasteiger partial charge in [-0.25, -0.2) is 4.98 Å². The van der Waals surface area contributed by atoms with Gasteiger partial charge in [-0.05, 0) is 5.56 Å². The van der Waals surface area contributed by atoms with Gasteiger partial charge in [0.25, 0.3) is 0 Å². The van der Waals surface area contributed by atoms with Gasteiger partial charge in [0, 0.05) is 0 Å². The molecule has 13 heavy (non-hydrogen) atoms. The fourth-order valence-corrected chi connectivity index (χ4v) is 1.14. The molecule has 1 heterocycles. The van der Waals surface area contributed by atoms with Gasteiger partial charge >= 0.3 is 0 Å². The first-order valence-electron chi connectivity index (χ1n) is 3.96. The number of hydrogen-bond acceptors (Lipinski definition) is 3. The lowest BCUT2D eigenvalue weighted by Crippen LogP contribution is -2.01. The van der Waals surface area contributed by atoms with Crippen molar-refractivity contribution in [3.05, 3.63) is 48.0 Å². The van der Waals surface area contributed by atoms with E-state index in [0.717, 1.165) is 5.56 Å². The fraction of sp³-hybridized carbons (Fsp3) is 0.111. The Labute approximate surface area is 75.3 Å². The molecule has 1 atom stereocenters. The van der Waals surface area contributed by atoms with Crippen LogP contribution in [-0.2, 0) is 0 Å². The fourth-order valence-electron chi connectivity index (χ4n) is 1.14. The normalized spacial score (nSPS) is 12.7. The zero-order valence-corrected chi connectivity index (χ0v) is 6.88. The van der Waals surface area contributed by atoms with Gasteiger partial charge < -0.3 is 5.11 Å². The van der Waals surface area contributed by atoms with Crippen molar-refractivity contribution in [1.82, 2.24) is 15.2 Å². The third kappa shape index (κ3) is 1.57. The summed E-state index contributed by atoms with van der Waals surface area (Å²) in [5, 5.41) is 16.0. The maximum atomic E-state index is 9.75. The summed E-state index contributed by atoms with van der Waals surface area (Å²) in [5.74, 6) is 0.464. The first-order chi connectivity index (χ1) is 6.38. The minimum Gasteiger partial charge on any atom is -0.380 e. The van der Waals surface area contributed by atoms with Gasteiger partial charge in [-0.1, -0.05) is 30.3 Å². The minimum absolute atomic E-state index is 0.464. The molecule has 0 aliphatic heterocycles. The monoisotopic (exact) mass is 175 g/mol. The summed E-state index contributed by atoms with van der Waals surface area (Å²) in [6.07, 6.45) is 0.658. The van der Waals surface area contributed by atoms with E-state index in [4.69, 9.17) is 0 Å². The summed E-state index contributed by atoms with van der Waals surface area (Å²) in [6, 6.07) is 9.32. The van der Waals surface area contributed by atoms with E-state index in [2.05, 4.69) is 15.2 Å². The Morgan fingerprint density at radius 2 is 2.00 bits per heavy atom. The van der Waals surface area contributed by atoms with Crippen LogP contribution in [0.15, 0.2) is 36.7 Å². The summed E-state index contributed by atoms with van der Waals surface area (Å²) in [5.41, 5.74) is 0.805. The van der Waals surface area contributed by atoms with E-state index < -0.39 is 6.10 Å². The molecule has 0 fully saturated rings. The van der Waals surface area contributed by atoms with E-state index >= 15 is 0 Å². The number of H-pyrrole nitrogens is 1. The second-order valence-electron chi connectivity index (χ2n) is 2.68. The molecule has 0 saturated heterocycles. The quantitative estimate of drug-likeness (QED) is 0.712. The predicted molar refractivity (Wildman–Crippen MR) is 46.9 cm³/mol. The molecule has 2 rings (SSSR count). The van der Waals surface area contributed by atoms with E-state index in [1.165, 1.54) is 6.33 Å². The van der Waals surface area contributed by atoms with Crippen LogP contribution in [0.4, 0.5) is 0 Å². The van der Waals surface area contributed by atoms with Crippen molar-refractivity contribution < 1.29 is 5.11 Å². The van der Waals surface area contributed by atoms with E-state index in [1.807, 2.05) is 30.3 Å². The van der Waals surface area contributed by atoms with E-state index in [-0.39, 0.29) is 0 Å². The number of benzene rings is 1. The molecule has 2 aromatic rings. The van der Waals surface area contributed by atoms with Crippen molar-refractivity contribution in [3.8, 4) is 0 Å². The molecule has 0 unspecified atom stereocenters. The van der Waals surface area contributed by atoms with Gasteiger partial charge in [-0.15, -0.1) is 0 Å². The van der Waals surface area contributed by atoms with Crippen LogP contribution in [0.1, 0.15) is 17.5 Å². The van der Waals surface area contributed by atoms with Crippen LogP contribution in [0.2, 0.25) is 0 Å². The van der Waals surface area contributed by atoms with Crippen molar-refractivity contribution in [2.45, 2.75) is 6.10 Å². The lowest BCUT2D eigenvalue weighted by Gasteiger charge is -2.05. The molecular weight excluding hydrogens is 166 g/mol. The Morgan fingerprint density at radius 3 is 2.62 bits per heavy atom. The van der Waals surface area contributed by atoms with Crippen molar-refractivity contribution in [2.24, 2.45) is 0 Å². The van der Waals surface area contributed by atoms with Crippen LogP contribution in [0, 0.1) is 0 Å². The number of aliphatic hydroxyl groups excluding tert-OH is 1. The Bertz CT molecular complexity index is 358. The van der Waals surface area contributed by atoms with E-state index in [0.29, 0.717) is 5.82 Å². The molecule has 0 spiro atoms. The molecule has 0 aliphatic carbocycles. The molecule has 0 aliphatic rings. The molecule has 1 aromatic heterocycles. The maximum absolute atomic E-state index is 9.75. The highest BCUT2D eigenvalue weighted by molar-refractivity contribution is 5.21. The van der Waals surface area contributed by atoms with E-state index in [9.17, 15) is 5.11 Å². The molecule has 0 radical (unpaired) electrons. The Morgan fingerprint density at radius 1 is 1.23 bits per heavy atom. The van der Waals surface area contributed by atoms with Crippen molar-refractivity contribution >= 4 is 0 Å². The average Bonchev–Trinajstić information content (AvgIpc) is 2.71. The zero-order chi connectivity index (χ0) is 9.10. The third-order valence-corrected chi connectivity index (χ3v) is 1.81. The standard InChI is InChI=1S/C9H9N3O/c13-8(9-10-6-11-12-9)7-4-2-1-3-5-7/h1-6,8,13H,(H,10,11,12)/t8-/m1/s1. The number of rotatable bonds is 2. The first-order valence-corrected chi connectivity index (χ1v) is 3.96. The smallest absolute Gasteiger partial charge is 0.157 e. The topological polar surface area (TPSA) is 61.8 Å². The molecule has 0 saturated carbocycles. The predicted octanol–water partition coefficient (Wildman–Crippen LogP) is 0.886. The zero-order valence-electron chi connectivity index (χ0n) is 6.88. The number of hydrogen-bond donors (Lipinski definition) is 2. The summed E-state index contributed by atoms with van der Waals surface area (Å²) >= 11 is 0. The summed E-state index contributed by atoms with van der Waals surface area (Å²) in [6.45, 7) is 0. The second-order valence-corrected chi connectivity index (χ2v) is 2.68. The SMILES string of the molecule is O[C@H](c1ccccc1)c1ncn[nH]1. The first kappa shape index (κ1) is 7.94. The third-order valence-electron chi connectivity index (χ3n) is 1.81. The molecule has 66 valence electrons. The van der Waals surface area contributed by atoms with Crippen molar-refractivity contribution in [2.75, 3.05) is 0 Å². The summed E-state index contributed by atoms with van der Waals surface area (Å²) < 4.78 is 0. The van der Waals surface area contributed by atoms with Crippen LogP contribution >= 0.6 is 0 Å². The van der Waals surface area contributed by atoms with Gasteiger partial charge in [0.05, 0.1) is 0 Å². The minimum atomic E-state index is -0.719. The van der Waals surface area contributed by atoms with E-state index in [1.54, 1.807) is 0 Å². The van der Waals surface area contributed by atoms with Gasteiger partial charge in [0.1, 0.15) is 12.4 Å². The lowest BCUT2D eigenvalue weighted by molar-refractivity contribution is 0.210. The molecule has 1 aromatic carbocycles. The van der Waals surface area contributed by atoms with Crippen LogP contribution < -0.4 is 0 Å². The highest BCUT2D eigenvalue weighted by Crippen LogP contribution is 2.16. The van der Waals surface area contributed by atoms with Gasteiger partial charge in [-0.3, -0.25) is 5.10 Å². The Hall–Kier alpha value is -1.68. The number of aliphatic hydroxyl groups is 1. The highest BCUT2D eigenvalue weighted by atomic mass is 16.3. The number of nitrogens with zero attached hydrogens (tertiary/aromatic N) is 2. The number of nitrogens with one attached hydrogen (secondary N) is 1. The molecule has 0 bridgehead atoms. The van der Waals surface area contributed by atoms with Gasteiger partial charge in [-0.2, -0.15) is 5.10 Å². The number of aromatic amines is 1. The Kier molecular flexibility index (Phi) is 2.06. The van der Waals surface area contributed by atoms with Crippen LogP contribution in [-0.4, -0.2) is 20.3 Å². The molecular formula is C9H9N3O. The maximum Gasteiger partial charge on any atom is 0.157 e. The van der Waals surface area contributed by atoms with Crippen LogP contribution in [0.25, 0.3) is 0 Å². The Balaban J connectivity index is 2.29. The second kappa shape index (κ2) is 3.37. The van der Waals surface area contributed by atoms with Crippen LogP contribution in [0.3, 0.4) is 0 Å². The summed E-state index contributed by atoms with van der Waals surface area (Å²) in [4.78, 5) is 3.88. The average molecular weight is 175 g/mol.